The molecular weight excluding hydrogens is 302 g/mol. The van der Waals surface area contributed by atoms with Crippen molar-refractivity contribution in [2.45, 2.75) is 23.4 Å². The third-order valence-electron chi connectivity index (χ3n) is 4.98. The highest BCUT2D eigenvalue weighted by Gasteiger charge is 2.93. The number of carbonyl (C=O) groups is 2. The molecule has 4 aliphatic rings. The first-order valence-corrected chi connectivity index (χ1v) is 7.35. The molecule has 0 radical (unpaired) electrons. The van der Waals surface area contributed by atoms with Crippen LogP contribution < -0.4 is 0 Å². The van der Waals surface area contributed by atoms with E-state index in [-0.39, 0.29) is 23.7 Å². The lowest BCUT2D eigenvalue weighted by molar-refractivity contribution is -0.196. The maximum Gasteiger partial charge on any atom is 0.465 e. The van der Waals surface area contributed by atoms with E-state index >= 15 is 0 Å². The van der Waals surface area contributed by atoms with Gasteiger partial charge in [0.1, 0.15) is 6.10 Å². The summed E-state index contributed by atoms with van der Waals surface area (Å²) in [6.07, 6.45) is -0.361. The Morgan fingerprint density at radius 1 is 1.50 bits per heavy atom. The molecule has 6 unspecified atom stereocenters. The van der Waals surface area contributed by atoms with Gasteiger partial charge < -0.3 is 9.47 Å². The second kappa shape index (κ2) is 2.98. The van der Waals surface area contributed by atoms with Crippen LogP contribution in [0.2, 0.25) is 0 Å². The zero-order valence-electron chi connectivity index (χ0n) is 9.65. The highest BCUT2D eigenvalue weighted by atomic mass is 32.2. The largest absolute Gasteiger partial charge is 0.465 e. The number of ether oxygens (including phenoxy) is 2. The van der Waals surface area contributed by atoms with Crippen molar-refractivity contribution in [3.63, 3.8) is 0 Å². The van der Waals surface area contributed by atoms with E-state index in [2.05, 4.69) is 4.74 Å². The van der Waals surface area contributed by atoms with Crippen molar-refractivity contribution in [2.75, 3.05) is 0 Å². The minimum Gasteiger partial charge on any atom is -0.458 e. The average Bonchev–Trinajstić information content (AvgIpc) is 2.62. The Balaban J connectivity index is 1.59. The Kier molecular flexibility index (Phi) is 1.86. The van der Waals surface area contributed by atoms with Gasteiger partial charge in [-0.15, -0.1) is 0 Å². The van der Waals surface area contributed by atoms with E-state index in [0.29, 0.717) is 6.42 Å². The van der Waals surface area contributed by atoms with E-state index in [9.17, 15) is 26.8 Å². The molecule has 1 saturated heterocycles. The molecule has 4 fully saturated rings. The van der Waals surface area contributed by atoms with Gasteiger partial charge in [-0.25, -0.2) is 4.79 Å². The van der Waals surface area contributed by atoms with Gasteiger partial charge in [0.15, 0.2) is 5.60 Å². The van der Waals surface area contributed by atoms with Crippen LogP contribution in [0.15, 0.2) is 0 Å². The molecule has 7 nitrogen and oxygen atoms in total. The number of carbonyl (C=O) groups excluding carboxylic acids is 2. The molecule has 1 heterocycles. The third-order valence-corrected chi connectivity index (χ3v) is 5.80. The molecule has 0 aromatic heterocycles. The lowest BCUT2D eigenvalue weighted by Gasteiger charge is -2.39. The molecule has 20 heavy (non-hydrogen) atoms. The minimum absolute atomic E-state index is 0.125. The standard InChI is InChI=1S/C10H8F2O7S/c11-10(12,20(15,16)17)8(14)19-9-3-1-2-4(5(3)9)6(9)18-7(2)13/h2-6H,1H2,(H,15,16,17). The predicted molar refractivity (Wildman–Crippen MR) is 53.8 cm³/mol. The first-order valence-electron chi connectivity index (χ1n) is 5.91. The summed E-state index contributed by atoms with van der Waals surface area (Å²) in [5.74, 6) is -3.60. The Labute approximate surface area is 111 Å². The van der Waals surface area contributed by atoms with Gasteiger partial charge in [0, 0.05) is 17.8 Å². The number of hydrogen-bond donors (Lipinski definition) is 1. The maximum atomic E-state index is 13.2. The van der Waals surface area contributed by atoms with Crippen molar-refractivity contribution in [1.29, 1.82) is 0 Å². The topological polar surface area (TPSA) is 107 Å². The highest BCUT2D eigenvalue weighted by molar-refractivity contribution is 7.87. The fourth-order valence-corrected chi connectivity index (χ4v) is 4.46. The summed E-state index contributed by atoms with van der Waals surface area (Å²) in [7, 11) is -5.89. The van der Waals surface area contributed by atoms with E-state index in [1.54, 1.807) is 0 Å². The number of halogens is 2. The normalized spacial score (nSPS) is 47.4. The Hall–Kier alpha value is -1.29. The summed E-state index contributed by atoms with van der Waals surface area (Å²) < 4.78 is 65.3. The van der Waals surface area contributed by atoms with E-state index < -0.39 is 39.0 Å². The van der Waals surface area contributed by atoms with Gasteiger partial charge in [-0.1, -0.05) is 0 Å². The van der Waals surface area contributed by atoms with Crippen molar-refractivity contribution in [3.05, 3.63) is 0 Å². The molecule has 4 rings (SSSR count). The smallest absolute Gasteiger partial charge is 0.458 e. The molecule has 110 valence electrons. The number of esters is 2. The first kappa shape index (κ1) is 12.5. The van der Waals surface area contributed by atoms with Crippen molar-refractivity contribution >= 4 is 22.1 Å². The lowest BCUT2D eigenvalue weighted by Crippen LogP contribution is -2.55. The van der Waals surface area contributed by atoms with Crippen LogP contribution in [0.25, 0.3) is 0 Å². The Morgan fingerprint density at radius 3 is 2.70 bits per heavy atom. The Morgan fingerprint density at radius 2 is 2.15 bits per heavy atom. The van der Waals surface area contributed by atoms with Crippen molar-refractivity contribution in [2.24, 2.45) is 23.7 Å². The number of alkyl halides is 2. The van der Waals surface area contributed by atoms with Crippen molar-refractivity contribution in [1.82, 2.24) is 0 Å². The molecule has 0 bridgehead atoms. The molecule has 0 amide bonds. The molecule has 0 aromatic rings. The van der Waals surface area contributed by atoms with Crippen LogP contribution in [0, 0.1) is 23.7 Å². The fourth-order valence-electron chi connectivity index (χ4n) is 4.21. The first-order chi connectivity index (χ1) is 9.12. The molecular formula is C10H8F2O7S. The molecule has 6 atom stereocenters. The van der Waals surface area contributed by atoms with Gasteiger partial charge in [-0.05, 0) is 6.42 Å². The maximum absolute atomic E-state index is 13.2. The van der Waals surface area contributed by atoms with Crippen molar-refractivity contribution in [3.8, 4) is 0 Å². The zero-order chi connectivity index (χ0) is 14.7. The van der Waals surface area contributed by atoms with Gasteiger partial charge in [-0.3, -0.25) is 9.35 Å². The molecule has 3 saturated carbocycles. The van der Waals surface area contributed by atoms with Gasteiger partial charge in [0.2, 0.25) is 0 Å². The summed E-state index contributed by atoms with van der Waals surface area (Å²) in [6.45, 7) is 0. The number of fused-ring (bicyclic) bond motifs is 2. The molecule has 10 heteroatoms. The van der Waals surface area contributed by atoms with Crippen LogP contribution >= 0.6 is 0 Å². The summed E-state index contributed by atoms with van der Waals surface area (Å²) in [6, 6.07) is 0. The van der Waals surface area contributed by atoms with Crippen LogP contribution in [0.5, 0.6) is 0 Å². The minimum atomic E-state index is -5.89. The second-order valence-electron chi connectivity index (χ2n) is 5.64. The van der Waals surface area contributed by atoms with Crippen LogP contribution in [-0.2, 0) is 29.2 Å². The molecule has 3 aliphatic carbocycles. The SMILES string of the molecule is O=C1OC2C3C1CC1C3C12OC(=O)C(F)(F)S(=O)(=O)O. The van der Waals surface area contributed by atoms with Gasteiger partial charge in [-0.2, -0.15) is 17.2 Å². The zero-order valence-corrected chi connectivity index (χ0v) is 10.5. The second-order valence-corrected chi connectivity index (χ2v) is 7.11. The number of hydrogen-bond acceptors (Lipinski definition) is 6. The highest BCUT2D eigenvalue weighted by Crippen LogP contribution is 2.82. The Bertz CT molecular complexity index is 653. The number of rotatable bonds is 3. The van der Waals surface area contributed by atoms with Crippen LogP contribution in [0.3, 0.4) is 0 Å². The van der Waals surface area contributed by atoms with E-state index in [1.807, 2.05) is 0 Å². The summed E-state index contributed by atoms with van der Waals surface area (Å²) in [5, 5.41) is -5.02. The molecule has 0 spiro atoms. The molecule has 1 N–H and O–H groups in total. The fraction of sp³-hybridized carbons (Fsp3) is 0.800. The molecule has 1 aliphatic heterocycles. The van der Waals surface area contributed by atoms with Gasteiger partial charge in [0.05, 0.1) is 5.92 Å². The van der Waals surface area contributed by atoms with E-state index in [1.165, 1.54) is 0 Å². The van der Waals surface area contributed by atoms with Crippen LogP contribution in [-0.4, -0.2) is 41.9 Å². The van der Waals surface area contributed by atoms with Gasteiger partial charge in [0.25, 0.3) is 0 Å². The summed E-state index contributed by atoms with van der Waals surface area (Å²) >= 11 is 0. The van der Waals surface area contributed by atoms with Crippen LogP contribution in [0.4, 0.5) is 8.78 Å². The lowest BCUT2D eigenvalue weighted by atomic mass is 9.72. The summed E-state index contributed by atoms with van der Waals surface area (Å²) in [4.78, 5) is 22.8. The van der Waals surface area contributed by atoms with Crippen LogP contribution in [0.1, 0.15) is 6.42 Å². The van der Waals surface area contributed by atoms with Gasteiger partial charge >= 0.3 is 27.3 Å². The average molecular weight is 310 g/mol. The third kappa shape index (κ3) is 1.05. The molecule has 0 aromatic carbocycles. The summed E-state index contributed by atoms with van der Waals surface area (Å²) in [5.41, 5.74) is -1.31. The van der Waals surface area contributed by atoms with E-state index in [4.69, 9.17) is 9.29 Å². The monoisotopic (exact) mass is 310 g/mol. The van der Waals surface area contributed by atoms with E-state index in [0.717, 1.165) is 0 Å². The predicted octanol–water partition coefficient (Wildman–Crippen LogP) is -0.430. The quantitative estimate of drug-likeness (QED) is 0.556. The van der Waals surface area contributed by atoms with Crippen molar-refractivity contribution < 1.29 is 40.8 Å².